The molecule has 2 atom stereocenters. The molecule has 0 aromatic heterocycles. The first-order valence-electron chi connectivity index (χ1n) is 9.40. The van der Waals surface area contributed by atoms with Gasteiger partial charge in [-0.25, -0.2) is 0 Å². The number of carbonyl (C=O) groups excluding carboxylic acids is 2. The second-order valence-electron chi connectivity index (χ2n) is 6.50. The SMILES string of the molecule is C[C@@H](NC(=O)CSCCSCC(=O)N[C@H](C)c1ccccc1)c1ccccc1. The van der Waals surface area contributed by atoms with Gasteiger partial charge in [0, 0.05) is 11.5 Å². The summed E-state index contributed by atoms with van der Waals surface area (Å²) in [6, 6.07) is 19.9. The summed E-state index contributed by atoms with van der Waals surface area (Å²) < 4.78 is 0. The number of carbonyl (C=O) groups is 2. The molecular weight excluding hydrogens is 388 g/mol. The van der Waals surface area contributed by atoms with Crippen molar-refractivity contribution in [1.82, 2.24) is 10.6 Å². The van der Waals surface area contributed by atoms with Crippen molar-refractivity contribution in [3.05, 3.63) is 71.8 Å². The predicted molar refractivity (Wildman–Crippen MR) is 121 cm³/mol. The van der Waals surface area contributed by atoms with E-state index in [0.29, 0.717) is 11.5 Å². The third-order valence-electron chi connectivity index (χ3n) is 4.19. The average molecular weight is 417 g/mol. The van der Waals surface area contributed by atoms with Crippen LogP contribution in [-0.4, -0.2) is 34.8 Å². The Morgan fingerprint density at radius 1 is 0.714 bits per heavy atom. The van der Waals surface area contributed by atoms with Crippen LogP contribution in [-0.2, 0) is 9.59 Å². The highest BCUT2D eigenvalue weighted by molar-refractivity contribution is 8.03. The summed E-state index contributed by atoms with van der Waals surface area (Å²) in [4.78, 5) is 24.0. The van der Waals surface area contributed by atoms with Crippen molar-refractivity contribution in [3.63, 3.8) is 0 Å². The molecule has 6 heteroatoms. The van der Waals surface area contributed by atoms with Crippen LogP contribution >= 0.6 is 23.5 Å². The maximum absolute atomic E-state index is 12.0. The fourth-order valence-corrected chi connectivity index (χ4v) is 4.43. The Morgan fingerprint density at radius 3 is 1.43 bits per heavy atom. The highest BCUT2D eigenvalue weighted by Gasteiger charge is 2.10. The number of benzene rings is 2. The van der Waals surface area contributed by atoms with E-state index in [0.717, 1.165) is 22.6 Å². The van der Waals surface area contributed by atoms with E-state index >= 15 is 0 Å². The fraction of sp³-hybridized carbons (Fsp3) is 0.364. The van der Waals surface area contributed by atoms with Gasteiger partial charge in [0.1, 0.15) is 0 Å². The minimum absolute atomic E-state index is 0.0129. The van der Waals surface area contributed by atoms with Crippen molar-refractivity contribution in [2.75, 3.05) is 23.0 Å². The second-order valence-corrected chi connectivity index (χ2v) is 8.72. The molecule has 2 N–H and O–H groups in total. The van der Waals surface area contributed by atoms with E-state index in [2.05, 4.69) is 10.6 Å². The lowest BCUT2D eigenvalue weighted by Crippen LogP contribution is -2.28. The van der Waals surface area contributed by atoms with Gasteiger partial charge in [-0.05, 0) is 25.0 Å². The van der Waals surface area contributed by atoms with Gasteiger partial charge in [0.15, 0.2) is 0 Å². The second kappa shape index (κ2) is 12.5. The number of amides is 2. The van der Waals surface area contributed by atoms with Gasteiger partial charge in [-0.1, -0.05) is 60.7 Å². The van der Waals surface area contributed by atoms with Gasteiger partial charge in [0.25, 0.3) is 0 Å². The molecule has 0 saturated carbocycles. The lowest BCUT2D eigenvalue weighted by atomic mass is 10.1. The number of rotatable bonds is 11. The van der Waals surface area contributed by atoms with Crippen LogP contribution < -0.4 is 10.6 Å². The van der Waals surface area contributed by atoms with E-state index in [-0.39, 0.29) is 23.9 Å². The first-order chi connectivity index (χ1) is 13.6. The maximum Gasteiger partial charge on any atom is 0.230 e. The molecule has 2 aromatic carbocycles. The minimum Gasteiger partial charge on any atom is -0.349 e. The van der Waals surface area contributed by atoms with Crippen LogP contribution in [0.4, 0.5) is 0 Å². The van der Waals surface area contributed by atoms with E-state index in [4.69, 9.17) is 0 Å². The molecule has 2 aromatic rings. The van der Waals surface area contributed by atoms with Crippen LogP contribution in [0.2, 0.25) is 0 Å². The van der Waals surface area contributed by atoms with E-state index in [9.17, 15) is 9.59 Å². The van der Waals surface area contributed by atoms with Crippen molar-refractivity contribution >= 4 is 35.3 Å². The zero-order chi connectivity index (χ0) is 20.2. The van der Waals surface area contributed by atoms with Gasteiger partial charge in [-0.2, -0.15) is 23.5 Å². The van der Waals surface area contributed by atoms with Gasteiger partial charge in [0.05, 0.1) is 23.6 Å². The summed E-state index contributed by atoms with van der Waals surface area (Å²) in [6.07, 6.45) is 0. The van der Waals surface area contributed by atoms with Crippen molar-refractivity contribution < 1.29 is 9.59 Å². The average Bonchev–Trinajstić information content (AvgIpc) is 2.71. The highest BCUT2D eigenvalue weighted by Crippen LogP contribution is 2.13. The summed E-state index contributed by atoms with van der Waals surface area (Å²) >= 11 is 3.19. The molecule has 0 spiro atoms. The highest BCUT2D eigenvalue weighted by atomic mass is 32.2. The third-order valence-corrected chi connectivity index (χ3v) is 6.37. The maximum atomic E-state index is 12.0. The zero-order valence-electron chi connectivity index (χ0n) is 16.4. The summed E-state index contributed by atoms with van der Waals surface area (Å²) in [5.74, 6) is 2.66. The Bertz CT molecular complexity index is 662. The van der Waals surface area contributed by atoms with Crippen LogP contribution in [0.25, 0.3) is 0 Å². The van der Waals surface area contributed by atoms with E-state index in [1.165, 1.54) is 0 Å². The molecule has 28 heavy (non-hydrogen) atoms. The molecular formula is C22H28N2O2S2. The zero-order valence-corrected chi connectivity index (χ0v) is 18.0. The van der Waals surface area contributed by atoms with Crippen LogP contribution in [0.3, 0.4) is 0 Å². The normalized spacial score (nSPS) is 12.8. The molecule has 0 heterocycles. The first kappa shape index (κ1) is 22.4. The van der Waals surface area contributed by atoms with Gasteiger partial charge in [-0.3, -0.25) is 9.59 Å². The number of nitrogens with one attached hydrogen (secondary N) is 2. The molecule has 0 aliphatic carbocycles. The number of hydrogen-bond acceptors (Lipinski definition) is 4. The Labute approximate surface area is 176 Å². The Morgan fingerprint density at radius 2 is 1.07 bits per heavy atom. The molecule has 0 radical (unpaired) electrons. The first-order valence-corrected chi connectivity index (χ1v) is 11.7. The molecule has 2 rings (SSSR count). The lowest BCUT2D eigenvalue weighted by molar-refractivity contribution is -0.120. The monoisotopic (exact) mass is 416 g/mol. The van der Waals surface area contributed by atoms with Crippen LogP contribution in [0.15, 0.2) is 60.7 Å². The van der Waals surface area contributed by atoms with E-state index < -0.39 is 0 Å². The predicted octanol–water partition coefficient (Wildman–Crippen LogP) is 4.21. The van der Waals surface area contributed by atoms with Gasteiger partial charge in [0.2, 0.25) is 11.8 Å². The largest absolute Gasteiger partial charge is 0.349 e. The van der Waals surface area contributed by atoms with Gasteiger partial charge in [-0.15, -0.1) is 0 Å². The van der Waals surface area contributed by atoms with Crippen LogP contribution in [0.1, 0.15) is 37.1 Å². The van der Waals surface area contributed by atoms with E-state index in [1.54, 1.807) is 23.5 Å². The topological polar surface area (TPSA) is 58.2 Å². The summed E-state index contributed by atoms with van der Waals surface area (Å²) in [5.41, 5.74) is 2.21. The molecule has 0 aliphatic heterocycles. The summed E-state index contributed by atoms with van der Waals surface area (Å²) in [5, 5.41) is 6.02. The van der Waals surface area contributed by atoms with Gasteiger partial charge < -0.3 is 10.6 Å². The Hall–Kier alpha value is -1.92. The van der Waals surface area contributed by atoms with Crippen LogP contribution in [0, 0.1) is 0 Å². The Balaban J connectivity index is 1.53. The molecule has 2 amide bonds. The molecule has 0 fully saturated rings. The van der Waals surface area contributed by atoms with Crippen LogP contribution in [0.5, 0.6) is 0 Å². The van der Waals surface area contributed by atoms with Crippen molar-refractivity contribution in [1.29, 1.82) is 0 Å². The molecule has 0 bridgehead atoms. The minimum atomic E-state index is 0.0129. The molecule has 150 valence electrons. The third kappa shape index (κ3) is 8.40. The summed E-state index contributed by atoms with van der Waals surface area (Å²) in [6.45, 7) is 3.98. The summed E-state index contributed by atoms with van der Waals surface area (Å²) in [7, 11) is 0. The smallest absolute Gasteiger partial charge is 0.230 e. The van der Waals surface area contributed by atoms with E-state index in [1.807, 2.05) is 74.5 Å². The van der Waals surface area contributed by atoms with Crippen molar-refractivity contribution in [2.24, 2.45) is 0 Å². The standard InChI is InChI=1S/C22H28N2O2S2/c1-17(19-9-5-3-6-10-19)23-21(25)15-27-13-14-28-16-22(26)24-18(2)20-11-7-4-8-12-20/h3-12,17-18H,13-16H2,1-2H3,(H,23,25)(H,24,26)/t17-,18-/m1/s1. The van der Waals surface area contributed by atoms with Crippen molar-refractivity contribution in [3.8, 4) is 0 Å². The Kier molecular flexibility index (Phi) is 10.0. The lowest BCUT2D eigenvalue weighted by Gasteiger charge is -2.14. The number of thioether (sulfide) groups is 2. The molecule has 0 unspecified atom stereocenters. The number of hydrogen-bond donors (Lipinski definition) is 2. The molecule has 0 saturated heterocycles. The molecule has 4 nitrogen and oxygen atoms in total. The fourth-order valence-electron chi connectivity index (χ4n) is 2.66. The van der Waals surface area contributed by atoms with Gasteiger partial charge >= 0.3 is 0 Å². The quantitative estimate of drug-likeness (QED) is 0.539. The van der Waals surface area contributed by atoms with Crippen molar-refractivity contribution in [2.45, 2.75) is 25.9 Å². The molecule has 0 aliphatic rings.